The first-order valence-electron chi connectivity index (χ1n) is 7.73. The van der Waals surface area contributed by atoms with Crippen LogP contribution < -0.4 is 5.43 Å². The van der Waals surface area contributed by atoms with Gasteiger partial charge in [-0.3, -0.25) is 14.4 Å². The number of carboxylic acids is 1. The molecule has 1 aromatic heterocycles. The van der Waals surface area contributed by atoms with Gasteiger partial charge in [0.05, 0.1) is 11.3 Å². The number of rotatable bonds is 2. The summed E-state index contributed by atoms with van der Waals surface area (Å²) in [7, 11) is 0. The Bertz CT molecular complexity index is 862. The lowest BCUT2D eigenvalue weighted by atomic mass is 9.70. The summed E-state index contributed by atoms with van der Waals surface area (Å²) >= 11 is 0. The number of aromatic nitrogens is 1. The van der Waals surface area contributed by atoms with Gasteiger partial charge in [-0.1, -0.05) is 12.2 Å². The molecule has 0 aliphatic heterocycles. The molecule has 1 aromatic rings. The molecule has 4 rings (SSSR count). The fraction of sp³-hybridized carbons (Fsp3) is 0.412. The van der Waals surface area contributed by atoms with Gasteiger partial charge in [0.25, 0.3) is 0 Å². The number of fused-ring (bicyclic) bond motifs is 6. The molecule has 23 heavy (non-hydrogen) atoms. The Kier molecular flexibility index (Phi) is 2.76. The van der Waals surface area contributed by atoms with E-state index in [1.165, 1.54) is 10.8 Å². The third-order valence-electron chi connectivity index (χ3n) is 5.40. The van der Waals surface area contributed by atoms with Gasteiger partial charge in [0, 0.05) is 24.6 Å². The average molecular weight is 313 g/mol. The molecule has 6 nitrogen and oxygen atoms in total. The molecule has 6 heteroatoms. The van der Waals surface area contributed by atoms with E-state index in [-0.39, 0.29) is 34.7 Å². The summed E-state index contributed by atoms with van der Waals surface area (Å²) in [6.45, 7) is 2.07. The molecule has 0 amide bonds. The fourth-order valence-corrected chi connectivity index (χ4v) is 4.42. The zero-order chi connectivity index (χ0) is 16.5. The van der Waals surface area contributed by atoms with Crippen LogP contribution in [-0.4, -0.2) is 27.2 Å². The first-order valence-corrected chi connectivity index (χ1v) is 7.73. The highest BCUT2D eigenvalue weighted by atomic mass is 16.4. The Morgan fingerprint density at radius 3 is 2.35 bits per heavy atom. The summed E-state index contributed by atoms with van der Waals surface area (Å²) in [5, 5.41) is 9.21. The molecule has 4 unspecified atom stereocenters. The summed E-state index contributed by atoms with van der Waals surface area (Å²) in [6.07, 6.45) is 5.87. The Hall–Kier alpha value is -2.50. The molecule has 1 heterocycles. The van der Waals surface area contributed by atoms with E-state index >= 15 is 0 Å². The van der Waals surface area contributed by atoms with Crippen LogP contribution in [0.4, 0.5) is 0 Å². The molecule has 1 saturated carbocycles. The Labute approximate surface area is 131 Å². The van der Waals surface area contributed by atoms with Gasteiger partial charge in [0.15, 0.2) is 11.6 Å². The fourth-order valence-electron chi connectivity index (χ4n) is 4.42. The summed E-state index contributed by atoms with van der Waals surface area (Å²) in [6, 6.07) is 0. The molecule has 4 atom stereocenters. The zero-order valence-corrected chi connectivity index (χ0v) is 12.5. The number of allylic oxidation sites excluding steroid dienone is 2. The molecule has 1 fully saturated rings. The molecule has 0 radical (unpaired) electrons. The van der Waals surface area contributed by atoms with Gasteiger partial charge in [0.2, 0.25) is 5.43 Å². The monoisotopic (exact) mass is 313 g/mol. The quantitative estimate of drug-likeness (QED) is 0.833. The zero-order valence-electron chi connectivity index (χ0n) is 12.5. The molecular weight excluding hydrogens is 298 g/mol. The van der Waals surface area contributed by atoms with Gasteiger partial charge >= 0.3 is 5.97 Å². The molecule has 2 bridgehead atoms. The van der Waals surface area contributed by atoms with Gasteiger partial charge in [-0.15, -0.1) is 0 Å². The third kappa shape index (κ3) is 1.63. The summed E-state index contributed by atoms with van der Waals surface area (Å²) < 4.78 is 1.44. The van der Waals surface area contributed by atoms with Crippen LogP contribution in [0.2, 0.25) is 0 Å². The van der Waals surface area contributed by atoms with E-state index in [4.69, 9.17) is 0 Å². The van der Waals surface area contributed by atoms with Crippen molar-refractivity contribution in [2.75, 3.05) is 0 Å². The van der Waals surface area contributed by atoms with Gasteiger partial charge in [-0.25, -0.2) is 4.79 Å². The number of nitrogens with zero attached hydrogens (tertiary/aromatic N) is 1. The van der Waals surface area contributed by atoms with E-state index in [1.807, 2.05) is 12.2 Å². The molecule has 0 spiro atoms. The maximum atomic E-state index is 13.0. The highest BCUT2D eigenvalue weighted by Crippen LogP contribution is 2.52. The number of ketones is 2. The predicted molar refractivity (Wildman–Crippen MR) is 79.7 cm³/mol. The van der Waals surface area contributed by atoms with Crippen LogP contribution in [0, 0.1) is 23.7 Å². The minimum atomic E-state index is -1.38. The minimum absolute atomic E-state index is 0.0161. The Morgan fingerprint density at radius 2 is 1.78 bits per heavy atom. The van der Waals surface area contributed by atoms with Crippen LogP contribution in [0.15, 0.2) is 23.1 Å². The Balaban J connectivity index is 2.02. The average Bonchev–Trinajstić information content (AvgIpc) is 3.13. The number of aryl methyl sites for hydroxylation is 1. The number of hydrogen-bond donors (Lipinski definition) is 1. The van der Waals surface area contributed by atoms with Gasteiger partial charge in [-0.2, -0.15) is 0 Å². The van der Waals surface area contributed by atoms with Crippen molar-refractivity contribution in [2.45, 2.75) is 19.9 Å². The van der Waals surface area contributed by atoms with Crippen molar-refractivity contribution in [3.63, 3.8) is 0 Å². The normalized spacial score (nSPS) is 30.5. The third-order valence-corrected chi connectivity index (χ3v) is 5.40. The van der Waals surface area contributed by atoms with Crippen molar-refractivity contribution >= 4 is 17.5 Å². The van der Waals surface area contributed by atoms with Crippen molar-refractivity contribution in [3.8, 4) is 0 Å². The number of hydrogen-bond acceptors (Lipinski definition) is 4. The number of carbonyl (C=O) groups excluding carboxylic acids is 2. The second-order valence-corrected chi connectivity index (χ2v) is 6.42. The van der Waals surface area contributed by atoms with Crippen LogP contribution in [0.3, 0.4) is 0 Å². The van der Waals surface area contributed by atoms with Crippen LogP contribution in [0.25, 0.3) is 0 Å². The molecule has 118 valence electrons. The largest absolute Gasteiger partial charge is 0.477 e. The maximum Gasteiger partial charge on any atom is 0.341 e. The number of aromatic carboxylic acids is 1. The second-order valence-electron chi connectivity index (χ2n) is 6.42. The van der Waals surface area contributed by atoms with Crippen molar-refractivity contribution in [3.05, 3.63) is 45.4 Å². The van der Waals surface area contributed by atoms with Crippen LogP contribution in [0.5, 0.6) is 0 Å². The smallest absolute Gasteiger partial charge is 0.341 e. The molecule has 0 saturated heterocycles. The lowest BCUT2D eigenvalue weighted by Gasteiger charge is -2.32. The number of Topliss-reactive ketones (excluding diaryl/α,β-unsaturated/α-hetero) is 2. The Morgan fingerprint density at radius 1 is 1.17 bits per heavy atom. The SMILES string of the molecule is CCn1cc(C(=O)O)c(=O)c2c1C(=O)C1C3C=CC(C3)C1C2=O. The molecular formula is C17H15NO5. The van der Waals surface area contributed by atoms with Crippen LogP contribution in [-0.2, 0) is 6.54 Å². The molecule has 3 aliphatic carbocycles. The van der Waals surface area contributed by atoms with Gasteiger partial charge < -0.3 is 9.67 Å². The predicted octanol–water partition coefficient (Wildman–Crippen LogP) is 1.38. The molecule has 0 aromatic carbocycles. The highest BCUT2D eigenvalue weighted by Gasteiger charge is 2.56. The van der Waals surface area contributed by atoms with E-state index in [2.05, 4.69) is 0 Å². The number of carbonyl (C=O) groups is 3. The van der Waals surface area contributed by atoms with E-state index in [0.29, 0.717) is 6.54 Å². The summed E-state index contributed by atoms with van der Waals surface area (Å²) in [4.78, 5) is 49.6. The van der Waals surface area contributed by atoms with E-state index in [1.54, 1.807) is 6.92 Å². The second kappa shape index (κ2) is 4.50. The van der Waals surface area contributed by atoms with Crippen LogP contribution >= 0.6 is 0 Å². The van der Waals surface area contributed by atoms with E-state index in [9.17, 15) is 24.3 Å². The lowest BCUT2D eigenvalue weighted by Crippen LogP contribution is -2.44. The van der Waals surface area contributed by atoms with E-state index < -0.39 is 28.8 Å². The lowest BCUT2D eigenvalue weighted by molar-refractivity contribution is 0.0685. The molecule has 3 aliphatic rings. The van der Waals surface area contributed by atoms with Crippen molar-refractivity contribution in [2.24, 2.45) is 23.7 Å². The van der Waals surface area contributed by atoms with Crippen LogP contribution in [0.1, 0.15) is 44.5 Å². The maximum absolute atomic E-state index is 13.0. The number of pyridine rings is 1. The van der Waals surface area contributed by atoms with Gasteiger partial charge in [0.1, 0.15) is 5.56 Å². The number of carboxylic acid groups (broad SMARTS) is 1. The first-order chi connectivity index (χ1) is 11.0. The van der Waals surface area contributed by atoms with Crippen molar-refractivity contribution in [1.82, 2.24) is 4.57 Å². The van der Waals surface area contributed by atoms with Crippen molar-refractivity contribution in [1.29, 1.82) is 0 Å². The highest BCUT2D eigenvalue weighted by molar-refractivity contribution is 6.16. The van der Waals surface area contributed by atoms with Gasteiger partial charge in [-0.05, 0) is 25.2 Å². The van der Waals surface area contributed by atoms with Crippen molar-refractivity contribution < 1.29 is 19.5 Å². The minimum Gasteiger partial charge on any atom is -0.477 e. The standard InChI is InChI=1S/C17H15NO5/c1-2-18-6-9(17(22)23)14(19)12-13(18)16(21)11-8-4-3-7(5-8)10(11)15(12)20/h3-4,6-8,10-11H,2,5H2,1H3,(H,22,23). The molecule has 1 N–H and O–H groups in total. The first kappa shape index (κ1) is 14.1. The summed E-state index contributed by atoms with van der Waals surface area (Å²) in [5.41, 5.74) is -1.42. The summed E-state index contributed by atoms with van der Waals surface area (Å²) in [5.74, 6) is -2.82. The topological polar surface area (TPSA) is 93.4 Å². The van der Waals surface area contributed by atoms with E-state index in [0.717, 1.165) is 6.42 Å².